The van der Waals surface area contributed by atoms with Gasteiger partial charge in [-0.3, -0.25) is 4.79 Å². The van der Waals surface area contributed by atoms with E-state index < -0.39 is 0 Å². The van der Waals surface area contributed by atoms with Gasteiger partial charge in [0.15, 0.2) is 11.6 Å². The van der Waals surface area contributed by atoms with Crippen LogP contribution in [0, 0.1) is 6.92 Å². The van der Waals surface area contributed by atoms with Crippen LogP contribution in [0.1, 0.15) is 24.6 Å². The maximum Gasteiger partial charge on any atom is 0.265 e. The number of nitrogens with zero attached hydrogens (tertiary/aromatic N) is 3. The minimum atomic E-state index is -0.201. The van der Waals surface area contributed by atoms with Crippen molar-refractivity contribution in [3.8, 4) is 11.6 Å². The molecule has 2 aromatic rings. The van der Waals surface area contributed by atoms with E-state index in [1.165, 1.54) is 0 Å². The molecule has 0 spiro atoms. The Balaban J connectivity index is 2.51. The number of hydrogen-bond acceptors (Lipinski definition) is 4. The minimum Gasteiger partial charge on any atom is -0.303 e. The smallest absolute Gasteiger partial charge is 0.265 e. The first-order valence-corrected chi connectivity index (χ1v) is 6.48. The second-order valence-corrected chi connectivity index (χ2v) is 4.80. The van der Waals surface area contributed by atoms with Crippen molar-refractivity contribution in [2.45, 2.75) is 26.7 Å². The SMILES string of the molecule is CCCc1nc(-c2ncc(C)cn2)[nH]c(=O)c1Br. The summed E-state index contributed by atoms with van der Waals surface area (Å²) in [4.78, 5) is 27.2. The van der Waals surface area contributed by atoms with Crippen molar-refractivity contribution in [1.29, 1.82) is 0 Å². The van der Waals surface area contributed by atoms with Crippen LogP contribution in [0.3, 0.4) is 0 Å². The number of aromatic amines is 1. The predicted octanol–water partition coefficient (Wildman–Crippen LogP) is 2.25. The van der Waals surface area contributed by atoms with Crippen LogP contribution in [0.4, 0.5) is 0 Å². The molecule has 0 fully saturated rings. The number of halogens is 1. The highest BCUT2D eigenvalue weighted by atomic mass is 79.9. The Kier molecular flexibility index (Phi) is 3.86. The van der Waals surface area contributed by atoms with Crippen molar-refractivity contribution in [2.75, 3.05) is 0 Å². The molecule has 0 saturated carbocycles. The zero-order valence-corrected chi connectivity index (χ0v) is 11.8. The van der Waals surface area contributed by atoms with E-state index in [1.807, 2.05) is 13.8 Å². The molecule has 0 amide bonds. The molecule has 18 heavy (non-hydrogen) atoms. The van der Waals surface area contributed by atoms with E-state index in [0.29, 0.717) is 16.1 Å². The fourth-order valence-corrected chi connectivity index (χ4v) is 1.91. The van der Waals surface area contributed by atoms with Crippen molar-refractivity contribution >= 4 is 15.9 Å². The summed E-state index contributed by atoms with van der Waals surface area (Å²) in [6.45, 7) is 3.95. The molecule has 0 atom stereocenters. The molecule has 2 rings (SSSR count). The Morgan fingerprint density at radius 1 is 1.33 bits per heavy atom. The normalized spacial score (nSPS) is 10.6. The second-order valence-electron chi connectivity index (χ2n) is 4.01. The molecule has 0 aromatic carbocycles. The highest BCUT2D eigenvalue weighted by Gasteiger charge is 2.11. The largest absolute Gasteiger partial charge is 0.303 e. The molecule has 0 saturated heterocycles. The Hall–Kier alpha value is -1.56. The maximum atomic E-state index is 11.8. The molecule has 2 aromatic heterocycles. The zero-order chi connectivity index (χ0) is 13.1. The Morgan fingerprint density at radius 2 is 2.00 bits per heavy atom. The Labute approximate surface area is 113 Å². The number of aryl methyl sites for hydroxylation is 2. The third-order valence-corrected chi connectivity index (χ3v) is 3.23. The van der Waals surface area contributed by atoms with Crippen LogP contribution in [-0.2, 0) is 6.42 Å². The van der Waals surface area contributed by atoms with Gasteiger partial charge in [0, 0.05) is 12.4 Å². The molecular formula is C12H13BrN4O. The highest BCUT2D eigenvalue weighted by Crippen LogP contribution is 2.14. The maximum absolute atomic E-state index is 11.8. The van der Waals surface area contributed by atoms with Gasteiger partial charge in [0.25, 0.3) is 5.56 Å². The standard InChI is InChI=1S/C12H13BrN4O/c1-3-4-8-9(13)12(18)17-11(16-8)10-14-5-7(2)6-15-10/h5-6H,3-4H2,1-2H3,(H,16,17,18). The molecule has 94 valence electrons. The van der Waals surface area contributed by atoms with Gasteiger partial charge in [-0.25, -0.2) is 15.0 Å². The van der Waals surface area contributed by atoms with Crippen molar-refractivity contribution in [3.05, 3.63) is 38.5 Å². The van der Waals surface area contributed by atoms with Gasteiger partial charge >= 0.3 is 0 Å². The number of nitrogens with one attached hydrogen (secondary N) is 1. The lowest BCUT2D eigenvalue weighted by Crippen LogP contribution is -2.14. The molecule has 0 radical (unpaired) electrons. The van der Waals surface area contributed by atoms with Gasteiger partial charge in [0.1, 0.15) is 4.47 Å². The van der Waals surface area contributed by atoms with Crippen molar-refractivity contribution in [2.24, 2.45) is 0 Å². The van der Waals surface area contributed by atoms with Gasteiger partial charge in [-0.15, -0.1) is 0 Å². The lowest BCUT2D eigenvalue weighted by molar-refractivity contribution is 0.856. The zero-order valence-electron chi connectivity index (χ0n) is 10.2. The highest BCUT2D eigenvalue weighted by molar-refractivity contribution is 9.10. The first-order valence-electron chi connectivity index (χ1n) is 5.69. The molecule has 1 N–H and O–H groups in total. The van der Waals surface area contributed by atoms with Crippen LogP contribution in [-0.4, -0.2) is 19.9 Å². The van der Waals surface area contributed by atoms with Gasteiger partial charge in [0.05, 0.1) is 5.69 Å². The predicted molar refractivity (Wildman–Crippen MR) is 72.3 cm³/mol. The first kappa shape index (κ1) is 12.9. The van der Waals surface area contributed by atoms with Gasteiger partial charge in [-0.2, -0.15) is 0 Å². The van der Waals surface area contributed by atoms with Gasteiger partial charge < -0.3 is 4.98 Å². The van der Waals surface area contributed by atoms with Gasteiger partial charge in [-0.05, 0) is 34.8 Å². The quantitative estimate of drug-likeness (QED) is 0.944. The van der Waals surface area contributed by atoms with Crippen LogP contribution in [0.5, 0.6) is 0 Å². The van der Waals surface area contributed by atoms with Gasteiger partial charge in [-0.1, -0.05) is 13.3 Å². The molecule has 0 aliphatic rings. The van der Waals surface area contributed by atoms with E-state index in [0.717, 1.165) is 24.1 Å². The lowest BCUT2D eigenvalue weighted by atomic mass is 10.2. The van der Waals surface area contributed by atoms with Crippen LogP contribution >= 0.6 is 15.9 Å². The van der Waals surface area contributed by atoms with Gasteiger partial charge in [0.2, 0.25) is 0 Å². The summed E-state index contributed by atoms with van der Waals surface area (Å²) in [6, 6.07) is 0. The average molecular weight is 309 g/mol. The third kappa shape index (κ3) is 2.64. The van der Waals surface area contributed by atoms with Crippen molar-refractivity contribution < 1.29 is 0 Å². The van der Waals surface area contributed by atoms with E-state index in [2.05, 4.69) is 35.9 Å². The third-order valence-electron chi connectivity index (χ3n) is 2.41. The summed E-state index contributed by atoms with van der Waals surface area (Å²) >= 11 is 3.25. The average Bonchev–Trinajstić information content (AvgIpc) is 2.36. The number of H-pyrrole nitrogens is 1. The molecule has 5 nitrogen and oxygen atoms in total. The fourth-order valence-electron chi connectivity index (χ4n) is 1.53. The molecule has 2 heterocycles. The van der Waals surface area contributed by atoms with E-state index in [9.17, 15) is 4.79 Å². The summed E-state index contributed by atoms with van der Waals surface area (Å²) in [6.07, 6.45) is 5.06. The number of hydrogen-bond donors (Lipinski definition) is 1. The van der Waals surface area contributed by atoms with E-state index >= 15 is 0 Å². The summed E-state index contributed by atoms with van der Waals surface area (Å²) in [5.74, 6) is 0.842. The van der Waals surface area contributed by atoms with Crippen molar-refractivity contribution in [3.63, 3.8) is 0 Å². The molecule has 0 aliphatic heterocycles. The van der Waals surface area contributed by atoms with Crippen molar-refractivity contribution in [1.82, 2.24) is 19.9 Å². The topological polar surface area (TPSA) is 71.5 Å². The monoisotopic (exact) mass is 308 g/mol. The summed E-state index contributed by atoms with van der Waals surface area (Å²) in [7, 11) is 0. The van der Waals surface area contributed by atoms with Crippen LogP contribution in [0.25, 0.3) is 11.6 Å². The van der Waals surface area contributed by atoms with E-state index in [-0.39, 0.29) is 5.56 Å². The lowest BCUT2D eigenvalue weighted by Gasteiger charge is -2.04. The van der Waals surface area contributed by atoms with Crippen LogP contribution in [0.2, 0.25) is 0 Å². The van der Waals surface area contributed by atoms with Crippen LogP contribution in [0.15, 0.2) is 21.7 Å². The molecule has 6 heteroatoms. The molecule has 0 bridgehead atoms. The first-order chi connectivity index (χ1) is 8.61. The molecule has 0 aliphatic carbocycles. The fraction of sp³-hybridized carbons (Fsp3) is 0.333. The summed E-state index contributed by atoms with van der Waals surface area (Å²) in [5, 5.41) is 0. The minimum absolute atomic E-state index is 0.201. The number of rotatable bonds is 3. The van der Waals surface area contributed by atoms with Crippen LogP contribution < -0.4 is 5.56 Å². The Bertz CT molecular complexity index is 606. The summed E-state index contributed by atoms with van der Waals surface area (Å²) in [5.41, 5.74) is 1.50. The molecular weight excluding hydrogens is 296 g/mol. The summed E-state index contributed by atoms with van der Waals surface area (Å²) < 4.78 is 0.486. The molecule has 0 unspecified atom stereocenters. The Morgan fingerprint density at radius 3 is 2.61 bits per heavy atom. The van der Waals surface area contributed by atoms with E-state index in [4.69, 9.17) is 0 Å². The van der Waals surface area contributed by atoms with E-state index in [1.54, 1.807) is 12.4 Å². The number of aromatic nitrogens is 4. The second kappa shape index (κ2) is 5.39.